The maximum atomic E-state index is 10.8. The predicted octanol–water partition coefficient (Wildman–Crippen LogP) is 3.07. The van der Waals surface area contributed by atoms with Crippen molar-refractivity contribution < 1.29 is 15.0 Å². The molecule has 0 spiro atoms. The van der Waals surface area contributed by atoms with Crippen LogP contribution in [0.1, 0.15) is 9.67 Å². The summed E-state index contributed by atoms with van der Waals surface area (Å²) in [5.74, 6) is -0.893. The first-order valence-corrected chi connectivity index (χ1v) is 5.35. The van der Waals surface area contributed by atoms with E-state index in [1.165, 1.54) is 6.07 Å². The SMILES string of the molecule is O=C(O)c1sc2cccc(O)c2c1Br. The van der Waals surface area contributed by atoms with Gasteiger partial charge in [-0.3, -0.25) is 0 Å². The van der Waals surface area contributed by atoms with Crippen LogP contribution in [0.3, 0.4) is 0 Å². The molecule has 1 heterocycles. The van der Waals surface area contributed by atoms with Crippen LogP contribution >= 0.6 is 27.3 Å². The highest BCUT2D eigenvalue weighted by Crippen LogP contribution is 2.40. The van der Waals surface area contributed by atoms with Gasteiger partial charge in [0.2, 0.25) is 0 Å². The van der Waals surface area contributed by atoms with E-state index in [-0.39, 0.29) is 10.6 Å². The molecule has 14 heavy (non-hydrogen) atoms. The topological polar surface area (TPSA) is 57.5 Å². The summed E-state index contributed by atoms with van der Waals surface area (Å²) >= 11 is 4.31. The monoisotopic (exact) mass is 272 g/mol. The van der Waals surface area contributed by atoms with Crippen molar-refractivity contribution in [2.75, 3.05) is 0 Å². The lowest BCUT2D eigenvalue weighted by atomic mass is 10.2. The summed E-state index contributed by atoms with van der Waals surface area (Å²) in [5, 5.41) is 19.0. The smallest absolute Gasteiger partial charge is 0.347 e. The van der Waals surface area contributed by atoms with Crippen molar-refractivity contribution in [3.05, 3.63) is 27.5 Å². The Morgan fingerprint density at radius 1 is 1.43 bits per heavy atom. The van der Waals surface area contributed by atoms with Crippen molar-refractivity contribution in [1.82, 2.24) is 0 Å². The van der Waals surface area contributed by atoms with Crippen molar-refractivity contribution in [3.8, 4) is 5.75 Å². The third kappa shape index (κ3) is 1.29. The molecule has 2 rings (SSSR count). The fourth-order valence-corrected chi connectivity index (χ4v) is 3.15. The van der Waals surface area contributed by atoms with Crippen LogP contribution in [0, 0.1) is 0 Å². The van der Waals surface area contributed by atoms with Gasteiger partial charge in [0, 0.05) is 10.1 Å². The van der Waals surface area contributed by atoms with Gasteiger partial charge in [-0.15, -0.1) is 11.3 Å². The highest BCUT2D eigenvalue weighted by atomic mass is 79.9. The zero-order chi connectivity index (χ0) is 10.3. The van der Waals surface area contributed by atoms with E-state index in [2.05, 4.69) is 15.9 Å². The number of carboxylic acids is 1. The van der Waals surface area contributed by atoms with E-state index in [0.29, 0.717) is 9.86 Å². The van der Waals surface area contributed by atoms with Gasteiger partial charge in [-0.05, 0) is 28.1 Å². The lowest BCUT2D eigenvalue weighted by Crippen LogP contribution is -1.91. The van der Waals surface area contributed by atoms with E-state index in [9.17, 15) is 9.90 Å². The van der Waals surface area contributed by atoms with E-state index >= 15 is 0 Å². The van der Waals surface area contributed by atoms with Crippen molar-refractivity contribution in [1.29, 1.82) is 0 Å². The summed E-state index contributed by atoms with van der Waals surface area (Å²) in [7, 11) is 0. The maximum Gasteiger partial charge on any atom is 0.347 e. The molecule has 2 N–H and O–H groups in total. The number of rotatable bonds is 1. The molecule has 0 atom stereocenters. The third-order valence-corrected chi connectivity index (χ3v) is 4.03. The summed E-state index contributed by atoms with van der Waals surface area (Å²) in [6.45, 7) is 0. The summed E-state index contributed by atoms with van der Waals surface area (Å²) in [6, 6.07) is 4.99. The Kier molecular flexibility index (Phi) is 2.20. The number of phenolic OH excluding ortho intramolecular Hbond substituents is 1. The Morgan fingerprint density at radius 3 is 2.71 bits per heavy atom. The van der Waals surface area contributed by atoms with Crippen LogP contribution in [0.2, 0.25) is 0 Å². The highest BCUT2D eigenvalue weighted by Gasteiger charge is 2.17. The summed E-state index contributed by atoms with van der Waals surface area (Å²) in [4.78, 5) is 11.0. The van der Waals surface area contributed by atoms with E-state index in [1.54, 1.807) is 12.1 Å². The van der Waals surface area contributed by atoms with Gasteiger partial charge < -0.3 is 10.2 Å². The molecule has 1 aromatic carbocycles. The molecule has 0 amide bonds. The molecule has 0 aliphatic carbocycles. The minimum absolute atomic E-state index is 0.0955. The van der Waals surface area contributed by atoms with Gasteiger partial charge in [0.25, 0.3) is 0 Å². The number of thiophene rings is 1. The molecular weight excluding hydrogens is 268 g/mol. The molecule has 0 aliphatic rings. The second kappa shape index (κ2) is 3.25. The number of benzene rings is 1. The molecular formula is C9H5BrO3S. The average molecular weight is 273 g/mol. The molecule has 0 saturated carbocycles. The number of halogens is 1. The highest BCUT2D eigenvalue weighted by molar-refractivity contribution is 9.10. The normalized spacial score (nSPS) is 10.6. The first-order valence-electron chi connectivity index (χ1n) is 3.74. The molecule has 5 heteroatoms. The van der Waals surface area contributed by atoms with E-state index in [1.807, 2.05) is 0 Å². The molecule has 0 saturated heterocycles. The summed E-state index contributed by atoms with van der Waals surface area (Å²) in [5.41, 5.74) is 0. The fourth-order valence-electron chi connectivity index (χ4n) is 1.23. The molecule has 0 bridgehead atoms. The Morgan fingerprint density at radius 2 is 2.14 bits per heavy atom. The number of aromatic hydroxyl groups is 1. The number of fused-ring (bicyclic) bond motifs is 1. The second-order valence-corrected chi connectivity index (χ2v) is 4.55. The molecule has 0 fully saturated rings. The van der Waals surface area contributed by atoms with Crippen molar-refractivity contribution in [3.63, 3.8) is 0 Å². The third-order valence-electron chi connectivity index (χ3n) is 1.83. The number of aromatic carboxylic acids is 1. The molecule has 3 nitrogen and oxygen atoms in total. The van der Waals surface area contributed by atoms with Crippen LogP contribution in [0.25, 0.3) is 10.1 Å². The zero-order valence-electron chi connectivity index (χ0n) is 6.82. The molecule has 2 aromatic rings. The van der Waals surface area contributed by atoms with Crippen molar-refractivity contribution >= 4 is 43.3 Å². The number of phenols is 1. The van der Waals surface area contributed by atoms with Crippen LogP contribution in [0.15, 0.2) is 22.7 Å². The van der Waals surface area contributed by atoms with E-state index in [0.717, 1.165) is 16.0 Å². The van der Waals surface area contributed by atoms with Crippen LogP contribution in [-0.4, -0.2) is 16.2 Å². The van der Waals surface area contributed by atoms with Gasteiger partial charge in [0.05, 0.1) is 4.47 Å². The van der Waals surface area contributed by atoms with Gasteiger partial charge in [0.15, 0.2) is 0 Å². The van der Waals surface area contributed by atoms with Crippen LogP contribution in [-0.2, 0) is 0 Å². The standard InChI is InChI=1S/C9H5BrO3S/c10-7-6-4(11)2-1-3-5(6)14-8(7)9(12)13/h1-3,11H,(H,12,13). The van der Waals surface area contributed by atoms with Crippen LogP contribution in [0.4, 0.5) is 0 Å². The fraction of sp³-hybridized carbons (Fsp3) is 0. The molecule has 0 aliphatic heterocycles. The van der Waals surface area contributed by atoms with Crippen molar-refractivity contribution in [2.24, 2.45) is 0 Å². The number of hydrogen-bond acceptors (Lipinski definition) is 3. The first-order chi connectivity index (χ1) is 6.61. The Balaban J connectivity index is 2.87. The summed E-state index contributed by atoms with van der Waals surface area (Å²) < 4.78 is 1.21. The Bertz CT molecular complexity index is 518. The predicted molar refractivity (Wildman–Crippen MR) is 58.1 cm³/mol. The number of carbonyl (C=O) groups is 1. The number of hydrogen-bond donors (Lipinski definition) is 2. The molecule has 1 aromatic heterocycles. The minimum atomic E-state index is -0.988. The van der Waals surface area contributed by atoms with E-state index < -0.39 is 5.97 Å². The lowest BCUT2D eigenvalue weighted by molar-refractivity contribution is 0.0701. The molecule has 0 unspecified atom stereocenters. The van der Waals surface area contributed by atoms with Gasteiger partial charge in [-0.2, -0.15) is 0 Å². The van der Waals surface area contributed by atoms with Gasteiger partial charge >= 0.3 is 5.97 Å². The molecule has 0 radical (unpaired) electrons. The van der Waals surface area contributed by atoms with E-state index in [4.69, 9.17) is 5.11 Å². The second-order valence-electron chi connectivity index (χ2n) is 2.70. The van der Waals surface area contributed by atoms with Crippen LogP contribution in [0.5, 0.6) is 5.75 Å². The van der Waals surface area contributed by atoms with Crippen LogP contribution < -0.4 is 0 Å². The molecule has 72 valence electrons. The van der Waals surface area contributed by atoms with Crippen molar-refractivity contribution in [2.45, 2.75) is 0 Å². The quantitative estimate of drug-likeness (QED) is 0.839. The summed E-state index contributed by atoms with van der Waals surface area (Å²) in [6.07, 6.45) is 0. The first kappa shape index (κ1) is 9.48. The minimum Gasteiger partial charge on any atom is -0.507 e. The van der Waals surface area contributed by atoms with Gasteiger partial charge in [-0.25, -0.2) is 4.79 Å². The zero-order valence-corrected chi connectivity index (χ0v) is 9.22. The lowest BCUT2D eigenvalue weighted by Gasteiger charge is -1.94. The Hall–Kier alpha value is -1.07. The largest absolute Gasteiger partial charge is 0.507 e. The van der Waals surface area contributed by atoms with Gasteiger partial charge in [-0.1, -0.05) is 6.07 Å². The average Bonchev–Trinajstić information content (AvgIpc) is 2.45. The maximum absolute atomic E-state index is 10.8. The van der Waals surface area contributed by atoms with Gasteiger partial charge in [0.1, 0.15) is 10.6 Å². The Labute approximate surface area is 91.7 Å². The number of carboxylic acid groups (broad SMARTS) is 1.